The fraction of sp³-hybridized carbons (Fsp3) is 0.222. The maximum atomic E-state index is 4.23. The molecule has 2 aliphatic rings. The molecular weight excluding hydrogens is 997 g/mol. The number of benzene rings is 9. The molecule has 1 aromatic heterocycles. The van der Waals surface area contributed by atoms with Crippen LogP contribution < -0.4 is 30.4 Å². The summed E-state index contributed by atoms with van der Waals surface area (Å²) in [7, 11) is 0. The average Bonchev–Trinajstić information content (AvgIpc) is 4.09. The van der Waals surface area contributed by atoms with Gasteiger partial charge in [0.05, 0.1) is 0 Å². The fourth-order valence-corrected chi connectivity index (χ4v) is 14.4. The first-order chi connectivity index (χ1) is 36.7. The van der Waals surface area contributed by atoms with E-state index in [4.69, 9.17) is 0 Å². The van der Waals surface area contributed by atoms with Gasteiger partial charge < -0.3 is 0 Å². The standard InChI is InChI=1S/C72H70BN3Se/c1-69(2,3)49-31-34-53(35-32-49)75(63-30-22-21-29-58(63)47-25-17-14-18-26-47)54-36-37-60-61(45-54)74-62-39-48(57-28-20-19-27-56(57)46-23-15-13-16-24-46)40-64-66(62)73(60)68-67(59-44-50(70(4,5)6)33-38-65(59)77-68)76(64)55-42-51(71(7,8)9)41-52(43-55)72(10,11)12/h13-45,74H,1-12H3. The summed E-state index contributed by atoms with van der Waals surface area (Å²) in [6.45, 7) is 28.1. The molecule has 5 heteroatoms. The van der Waals surface area contributed by atoms with Crippen LogP contribution in [0.5, 0.6) is 0 Å². The molecule has 0 unspecified atom stereocenters. The molecule has 0 amide bonds. The van der Waals surface area contributed by atoms with Gasteiger partial charge in [-0.2, -0.15) is 0 Å². The normalized spacial score (nSPS) is 13.2. The molecule has 382 valence electrons. The molecular formula is C72H70BN3Se. The van der Waals surface area contributed by atoms with Crippen molar-refractivity contribution in [1.82, 2.24) is 0 Å². The summed E-state index contributed by atoms with van der Waals surface area (Å²) in [6, 6.07) is 76.0. The van der Waals surface area contributed by atoms with E-state index in [9.17, 15) is 0 Å². The van der Waals surface area contributed by atoms with Crippen LogP contribution in [-0.2, 0) is 21.7 Å². The Morgan fingerprint density at radius 1 is 0.429 bits per heavy atom. The minimum absolute atomic E-state index is 0.0222. The first kappa shape index (κ1) is 50.5. The van der Waals surface area contributed by atoms with Gasteiger partial charge in [0, 0.05) is 0 Å². The van der Waals surface area contributed by atoms with Gasteiger partial charge >= 0.3 is 440 Å². The van der Waals surface area contributed by atoms with Crippen molar-refractivity contribution in [2.24, 2.45) is 0 Å². The van der Waals surface area contributed by atoms with Crippen molar-refractivity contribution < 1.29 is 0 Å². The van der Waals surface area contributed by atoms with Crippen LogP contribution in [0.3, 0.4) is 0 Å². The van der Waals surface area contributed by atoms with Crippen LogP contribution in [0.4, 0.5) is 45.5 Å². The molecule has 12 rings (SSSR count). The number of fused-ring (bicyclic) bond motifs is 6. The summed E-state index contributed by atoms with van der Waals surface area (Å²) in [5.41, 5.74) is 24.5. The van der Waals surface area contributed by atoms with Crippen LogP contribution in [0.25, 0.3) is 43.0 Å². The van der Waals surface area contributed by atoms with E-state index in [1.165, 1.54) is 97.6 Å². The van der Waals surface area contributed by atoms with Crippen molar-refractivity contribution in [3.63, 3.8) is 0 Å². The molecule has 0 radical (unpaired) electrons. The molecule has 0 bridgehead atoms. The molecule has 10 aromatic rings. The molecule has 0 saturated carbocycles. The Bertz CT molecular complexity index is 3850. The van der Waals surface area contributed by atoms with Gasteiger partial charge in [-0.15, -0.1) is 0 Å². The number of hydrogen-bond acceptors (Lipinski definition) is 3. The van der Waals surface area contributed by atoms with Crippen molar-refractivity contribution in [3.8, 4) is 33.4 Å². The number of nitrogens with zero attached hydrogens (tertiary/aromatic N) is 2. The number of nitrogens with one attached hydrogen (secondary N) is 1. The number of anilines is 8. The van der Waals surface area contributed by atoms with Gasteiger partial charge in [0.1, 0.15) is 0 Å². The van der Waals surface area contributed by atoms with Gasteiger partial charge in [0.25, 0.3) is 0 Å². The molecule has 1 N–H and O–H groups in total. The van der Waals surface area contributed by atoms with Crippen LogP contribution in [0.2, 0.25) is 0 Å². The second-order valence-corrected chi connectivity index (χ2v) is 27.9. The Kier molecular flexibility index (Phi) is 12.3. The van der Waals surface area contributed by atoms with Crippen molar-refractivity contribution >= 4 is 91.6 Å². The van der Waals surface area contributed by atoms with Crippen molar-refractivity contribution in [1.29, 1.82) is 0 Å². The third-order valence-corrected chi connectivity index (χ3v) is 18.6. The van der Waals surface area contributed by atoms with Crippen molar-refractivity contribution in [3.05, 3.63) is 222 Å². The van der Waals surface area contributed by atoms with Crippen LogP contribution in [0.1, 0.15) is 105 Å². The van der Waals surface area contributed by atoms with Crippen molar-refractivity contribution in [2.45, 2.75) is 105 Å². The second kappa shape index (κ2) is 18.7. The third-order valence-electron chi connectivity index (χ3n) is 16.1. The van der Waals surface area contributed by atoms with Crippen LogP contribution >= 0.6 is 0 Å². The van der Waals surface area contributed by atoms with E-state index in [0.717, 1.165) is 28.4 Å². The molecule has 0 atom stereocenters. The molecule has 0 spiro atoms. The summed E-state index contributed by atoms with van der Waals surface area (Å²) in [5.74, 6) is 0. The van der Waals surface area contributed by atoms with Gasteiger partial charge in [-0.05, 0) is 0 Å². The molecule has 0 saturated heterocycles. The van der Waals surface area contributed by atoms with Gasteiger partial charge in [-0.1, -0.05) is 26.8 Å². The van der Waals surface area contributed by atoms with E-state index in [1.807, 2.05) is 0 Å². The quantitative estimate of drug-likeness (QED) is 0.161. The van der Waals surface area contributed by atoms with E-state index in [2.05, 4.69) is 298 Å². The molecule has 77 heavy (non-hydrogen) atoms. The predicted octanol–water partition coefficient (Wildman–Crippen LogP) is 17.9. The van der Waals surface area contributed by atoms with Crippen LogP contribution in [0.15, 0.2) is 200 Å². The third kappa shape index (κ3) is 9.16. The predicted molar refractivity (Wildman–Crippen MR) is 336 cm³/mol. The summed E-state index contributed by atoms with van der Waals surface area (Å²) in [5, 5.41) is 5.59. The monoisotopic (exact) mass is 1070 g/mol. The zero-order valence-electron chi connectivity index (χ0n) is 46.9. The van der Waals surface area contributed by atoms with Crippen LogP contribution in [0, 0.1) is 0 Å². The van der Waals surface area contributed by atoms with E-state index in [1.54, 1.807) is 0 Å². The number of rotatable bonds is 7. The molecule has 0 aliphatic carbocycles. The topological polar surface area (TPSA) is 18.5 Å². The molecule has 0 fully saturated rings. The van der Waals surface area contributed by atoms with E-state index in [-0.39, 0.29) is 42.9 Å². The Morgan fingerprint density at radius 3 is 1.57 bits per heavy atom. The first-order valence-corrected chi connectivity index (χ1v) is 29.2. The molecule has 2 aliphatic heterocycles. The number of para-hydroxylation sites is 1. The summed E-state index contributed by atoms with van der Waals surface area (Å²) in [6.07, 6.45) is 0. The van der Waals surface area contributed by atoms with E-state index in [0.29, 0.717) is 0 Å². The zero-order chi connectivity index (χ0) is 53.8. The van der Waals surface area contributed by atoms with E-state index >= 15 is 0 Å². The summed E-state index contributed by atoms with van der Waals surface area (Å²) < 4.78 is 2.97. The Hall–Kier alpha value is -7.30. The Balaban J connectivity index is 1.15. The fourth-order valence-electron chi connectivity index (χ4n) is 11.7. The minimum atomic E-state index is -0.0688. The summed E-state index contributed by atoms with van der Waals surface area (Å²) in [4.78, 5) is 5.17. The Labute approximate surface area is 464 Å². The first-order valence-electron chi connectivity index (χ1n) is 27.5. The van der Waals surface area contributed by atoms with Crippen molar-refractivity contribution in [2.75, 3.05) is 15.1 Å². The molecule has 3 heterocycles. The SMILES string of the molecule is CC(C)(C)c1ccc(N(c2ccc3c(c2)Nc2cc(-c4ccccc4-c4ccccc4)cc4c2B3c2[se]c3ccc(C(C)(C)C)cc3c2N4c2cc(C(C)(C)C)cc(C(C)(C)C)c2)c2ccccc2-c2ccccc2)cc1. The van der Waals surface area contributed by atoms with Gasteiger partial charge in [0.15, 0.2) is 0 Å². The maximum absolute atomic E-state index is 4.23. The van der Waals surface area contributed by atoms with Crippen LogP contribution in [-0.4, -0.2) is 21.2 Å². The zero-order valence-corrected chi connectivity index (χ0v) is 48.6. The van der Waals surface area contributed by atoms with E-state index < -0.39 is 0 Å². The van der Waals surface area contributed by atoms with Gasteiger partial charge in [0.2, 0.25) is 0 Å². The average molecular weight is 1070 g/mol. The summed E-state index contributed by atoms with van der Waals surface area (Å²) >= 11 is 0.0504. The molecule has 3 nitrogen and oxygen atoms in total. The second-order valence-electron chi connectivity index (χ2n) is 25.6. The Morgan fingerprint density at radius 2 is 0.961 bits per heavy atom. The number of hydrogen-bond donors (Lipinski definition) is 1. The molecule has 9 aromatic carbocycles. The van der Waals surface area contributed by atoms with Gasteiger partial charge in [-0.25, -0.2) is 0 Å². The van der Waals surface area contributed by atoms with Gasteiger partial charge in [-0.3, -0.25) is 0 Å².